The molecule has 1 rings (SSSR count). The maximum atomic E-state index is 11.9. The Bertz CT molecular complexity index is 418. The van der Waals surface area contributed by atoms with Gasteiger partial charge < -0.3 is 4.74 Å². The molecule has 18 heavy (non-hydrogen) atoms. The summed E-state index contributed by atoms with van der Waals surface area (Å²) in [6.45, 7) is 10.3. The Morgan fingerprint density at radius 2 is 2.00 bits per heavy atom. The third-order valence-corrected chi connectivity index (χ3v) is 2.76. The lowest BCUT2D eigenvalue weighted by molar-refractivity contribution is -0.145. The Morgan fingerprint density at radius 1 is 1.39 bits per heavy atom. The molecule has 0 radical (unpaired) electrons. The van der Waals surface area contributed by atoms with Crippen LogP contribution in [0.1, 0.15) is 58.6 Å². The molecule has 102 valence electrons. The number of esters is 1. The van der Waals surface area contributed by atoms with E-state index in [0.29, 0.717) is 18.9 Å². The Kier molecular flexibility index (Phi) is 4.48. The third kappa shape index (κ3) is 3.09. The zero-order chi connectivity index (χ0) is 13.9. The molecule has 0 aliphatic rings. The molecule has 0 aliphatic carbocycles. The molecule has 0 fully saturated rings. The predicted octanol–water partition coefficient (Wildman–Crippen LogP) is 2.17. The van der Waals surface area contributed by atoms with E-state index in [1.54, 1.807) is 4.68 Å². The lowest BCUT2D eigenvalue weighted by Crippen LogP contribution is -2.19. The first-order valence-electron chi connectivity index (χ1n) is 6.39. The second kappa shape index (κ2) is 5.50. The van der Waals surface area contributed by atoms with Crippen LogP contribution in [0.15, 0.2) is 0 Å². The van der Waals surface area contributed by atoms with Crippen LogP contribution in [0.4, 0.5) is 0 Å². The van der Waals surface area contributed by atoms with E-state index in [2.05, 4.69) is 30.9 Å². The molecular formula is C13H23N3O2. The van der Waals surface area contributed by atoms with Gasteiger partial charge in [-0.1, -0.05) is 27.7 Å². The number of hydrogen-bond donors (Lipinski definition) is 0. The van der Waals surface area contributed by atoms with Gasteiger partial charge in [0.25, 0.3) is 0 Å². The van der Waals surface area contributed by atoms with E-state index in [9.17, 15) is 4.79 Å². The van der Waals surface area contributed by atoms with Crippen LogP contribution in [-0.2, 0) is 22.0 Å². The Morgan fingerprint density at radius 3 is 2.39 bits per heavy atom. The van der Waals surface area contributed by atoms with Crippen LogP contribution in [0.5, 0.6) is 0 Å². The fraction of sp³-hybridized carbons (Fsp3) is 0.769. The van der Waals surface area contributed by atoms with E-state index in [-0.39, 0.29) is 17.3 Å². The number of aromatic nitrogens is 3. The van der Waals surface area contributed by atoms with Gasteiger partial charge in [0.15, 0.2) is 5.82 Å². The summed E-state index contributed by atoms with van der Waals surface area (Å²) < 4.78 is 6.77. The molecule has 5 nitrogen and oxygen atoms in total. The summed E-state index contributed by atoms with van der Waals surface area (Å²) in [5.74, 6) is 0.873. The van der Waals surface area contributed by atoms with Crippen molar-refractivity contribution in [3.05, 3.63) is 11.6 Å². The van der Waals surface area contributed by atoms with Crippen molar-refractivity contribution in [3.63, 3.8) is 0 Å². The first-order valence-corrected chi connectivity index (χ1v) is 6.39. The number of nitrogens with zero attached hydrogens (tertiary/aromatic N) is 3. The van der Waals surface area contributed by atoms with Gasteiger partial charge in [0.1, 0.15) is 11.7 Å². The average molecular weight is 253 g/mol. The van der Waals surface area contributed by atoms with Gasteiger partial charge in [-0.15, -0.1) is 0 Å². The summed E-state index contributed by atoms with van der Waals surface area (Å²) >= 11 is 0. The van der Waals surface area contributed by atoms with E-state index in [0.717, 1.165) is 5.82 Å². The van der Waals surface area contributed by atoms with Crippen molar-refractivity contribution in [3.8, 4) is 0 Å². The maximum absolute atomic E-state index is 11.9. The van der Waals surface area contributed by atoms with Gasteiger partial charge >= 0.3 is 5.97 Å². The second-order valence-electron chi connectivity index (χ2n) is 5.38. The molecule has 0 N–H and O–H groups in total. The van der Waals surface area contributed by atoms with Crippen molar-refractivity contribution in [1.82, 2.24) is 14.8 Å². The number of ether oxygens (including phenoxy) is 1. The molecule has 0 spiro atoms. The molecule has 0 aromatic carbocycles. The van der Waals surface area contributed by atoms with Crippen molar-refractivity contribution in [2.45, 2.75) is 52.4 Å². The third-order valence-electron chi connectivity index (χ3n) is 2.76. The molecule has 0 saturated heterocycles. The molecule has 1 aromatic heterocycles. The highest BCUT2D eigenvalue weighted by Gasteiger charge is 2.28. The van der Waals surface area contributed by atoms with Crippen LogP contribution in [0.2, 0.25) is 0 Å². The second-order valence-corrected chi connectivity index (χ2v) is 5.38. The van der Waals surface area contributed by atoms with E-state index >= 15 is 0 Å². The van der Waals surface area contributed by atoms with Crippen molar-refractivity contribution in [1.29, 1.82) is 0 Å². The SMILES string of the molecule is CCOC(=O)C(CC)c1nc(C(C)(C)C)nn1C. The quantitative estimate of drug-likeness (QED) is 0.772. The molecule has 0 saturated carbocycles. The number of carbonyl (C=O) groups excluding carboxylic acids is 1. The fourth-order valence-corrected chi connectivity index (χ4v) is 1.72. The first kappa shape index (κ1) is 14.7. The van der Waals surface area contributed by atoms with Crippen LogP contribution in [0.25, 0.3) is 0 Å². The zero-order valence-electron chi connectivity index (χ0n) is 12.1. The van der Waals surface area contributed by atoms with Gasteiger partial charge in [0, 0.05) is 12.5 Å². The van der Waals surface area contributed by atoms with Crippen LogP contribution in [0, 0.1) is 0 Å². The van der Waals surface area contributed by atoms with Crippen LogP contribution in [0.3, 0.4) is 0 Å². The topological polar surface area (TPSA) is 57.0 Å². The Hall–Kier alpha value is -1.39. The van der Waals surface area contributed by atoms with E-state index < -0.39 is 0 Å². The molecule has 0 aliphatic heterocycles. The number of carbonyl (C=O) groups is 1. The summed E-state index contributed by atoms with van der Waals surface area (Å²) in [6, 6.07) is 0. The molecular weight excluding hydrogens is 230 g/mol. The number of aryl methyl sites for hydroxylation is 1. The lowest BCUT2D eigenvalue weighted by atomic mass is 9.96. The molecule has 5 heteroatoms. The van der Waals surface area contributed by atoms with Gasteiger partial charge in [-0.25, -0.2) is 4.98 Å². The van der Waals surface area contributed by atoms with E-state index in [1.165, 1.54) is 0 Å². The average Bonchev–Trinajstić information content (AvgIpc) is 2.62. The summed E-state index contributed by atoms with van der Waals surface area (Å²) in [7, 11) is 1.82. The number of hydrogen-bond acceptors (Lipinski definition) is 4. The van der Waals surface area contributed by atoms with E-state index in [4.69, 9.17) is 4.74 Å². The van der Waals surface area contributed by atoms with Crippen molar-refractivity contribution in [2.24, 2.45) is 7.05 Å². The summed E-state index contributed by atoms with van der Waals surface area (Å²) in [5, 5.41) is 4.39. The lowest BCUT2D eigenvalue weighted by Gasteiger charge is -2.13. The summed E-state index contributed by atoms with van der Waals surface area (Å²) in [6.07, 6.45) is 0.662. The minimum absolute atomic E-state index is 0.122. The van der Waals surface area contributed by atoms with Crippen molar-refractivity contribution in [2.75, 3.05) is 6.61 Å². The monoisotopic (exact) mass is 253 g/mol. The predicted molar refractivity (Wildman–Crippen MR) is 69.4 cm³/mol. The van der Waals surface area contributed by atoms with Crippen molar-refractivity contribution < 1.29 is 9.53 Å². The molecule has 1 heterocycles. The molecule has 1 aromatic rings. The van der Waals surface area contributed by atoms with Gasteiger partial charge in [0.2, 0.25) is 0 Å². The molecule has 0 bridgehead atoms. The van der Waals surface area contributed by atoms with Gasteiger partial charge in [0.05, 0.1) is 6.61 Å². The molecule has 1 unspecified atom stereocenters. The van der Waals surface area contributed by atoms with Crippen LogP contribution < -0.4 is 0 Å². The highest BCUT2D eigenvalue weighted by Crippen LogP contribution is 2.24. The van der Waals surface area contributed by atoms with E-state index in [1.807, 2.05) is 20.9 Å². The molecule has 0 amide bonds. The molecule has 1 atom stereocenters. The smallest absolute Gasteiger partial charge is 0.316 e. The standard InChI is InChI=1S/C13H23N3O2/c1-7-9(11(17)18-8-2)10-14-12(13(3,4)5)15-16(10)6/h9H,7-8H2,1-6H3. The Labute approximate surface area is 109 Å². The fourth-order valence-electron chi connectivity index (χ4n) is 1.72. The van der Waals surface area contributed by atoms with Gasteiger partial charge in [-0.05, 0) is 13.3 Å². The highest BCUT2D eigenvalue weighted by atomic mass is 16.5. The van der Waals surface area contributed by atoms with Gasteiger partial charge in [-0.2, -0.15) is 5.10 Å². The Balaban J connectivity index is 3.07. The normalized spacial score (nSPS) is 13.4. The number of rotatable bonds is 4. The van der Waals surface area contributed by atoms with Crippen molar-refractivity contribution >= 4 is 5.97 Å². The van der Waals surface area contributed by atoms with Crippen LogP contribution in [-0.4, -0.2) is 27.3 Å². The largest absolute Gasteiger partial charge is 0.465 e. The minimum Gasteiger partial charge on any atom is -0.465 e. The summed E-state index contributed by atoms with van der Waals surface area (Å²) in [4.78, 5) is 16.4. The van der Waals surface area contributed by atoms with Crippen LogP contribution >= 0.6 is 0 Å². The maximum Gasteiger partial charge on any atom is 0.316 e. The highest BCUT2D eigenvalue weighted by molar-refractivity contribution is 5.77. The zero-order valence-corrected chi connectivity index (χ0v) is 12.1. The summed E-state index contributed by atoms with van der Waals surface area (Å²) in [5.41, 5.74) is -0.122. The minimum atomic E-state index is -0.335. The van der Waals surface area contributed by atoms with Gasteiger partial charge in [-0.3, -0.25) is 9.48 Å². The first-order chi connectivity index (χ1) is 8.31.